The smallest absolute Gasteiger partial charge is 0.234 e. The number of amides is 1. The molecule has 32 heavy (non-hydrogen) atoms. The fourth-order valence-electron chi connectivity index (χ4n) is 2.82. The Morgan fingerprint density at radius 2 is 1.84 bits per heavy atom. The summed E-state index contributed by atoms with van der Waals surface area (Å²) < 4.78 is 18.1. The molecule has 0 bridgehead atoms. The Bertz CT molecular complexity index is 1120. The first-order valence-corrected chi connectivity index (χ1v) is 11.1. The SMILES string of the molecule is COc1cc(NC(=O)CSc2nnc(COc3ccc(C)c(C)c3)n2C)c(OC)cc1Cl. The molecule has 3 rings (SSSR count). The van der Waals surface area contributed by atoms with Gasteiger partial charge in [0.1, 0.15) is 23.9 Å². The van der Waals surface area contributed by atoms with E-state index in [1.807, 2.05) is 36.7 Å². The molecule has 10 heteroatoms. The van der Waals surface area contributed by atoms with Gasteiger partial charge in [-0.2, -0.15) is 0 Å². The summed E-state index contributed by atoms with van der Waals surface area (Å²) in [4.78, 5) is 12.5. The van der Waals surface area contributed by atoms with E-state index in [9.17, 15) is 4.79 Å². The van der Waals surface area contributed by atoms with Gasteiger partial charge in [-0.3, -0.25) is 4.79 Å². The van der Waals surface area contributed by atoms with E-state index in [0.717, 1.165) is 11.3 Å². The normalized spacial score (nSPS) is 10.7. The minimum atomic E-state index is -0.228. The number of aryl methyl sites for hydroxylation is 2. The van der Waals surface area contributed by atoms with Gasteiger partial charge in [-0.25, -0.2) is 0 Å². The zero-order valence-corrected chi connectivity index (χ0v) is 20.1. The summed E-state index contributed by atoms with van der Waals surface area (Å²) in [6.45, 7) is 4.38. The molecule has 0 aliphatic rings. The van der Waals surface area contributed by atoms with Crippen LogP contribution in [0.3, 0.4) is 0 Å². The van der Waals surface area contributed by atoms with Crippen LogP contribution < -0.4 is 19.5 Å². The quantitative estimate of drug-likeness (QED) is 0.457. The number of halogens is 1. The van der Waals surface area contributed by atoms with Gasteiger partial charge in [0.15, 0.2) is 11.0 Å². The number of methoxy groups -OCH3 is 2. The third-order valence-corrected chi connectivity index (χ3v) is 6.17. The summed E-state index contributed by atoms with van der Waals surface area (Å²) in [6, 6.07) is 9.15. The van der Waals surface area contributed by atoms with Crippen molar-refractivity contribution in [2.24, 2.45) is 7.05 Å². The first-order valence-electron chi connectivity index (χ1n) is 9.74. The summed E-state index contributed by atoms with van der Waals surface area (Å²) in [7, 11) is 4.85. The van der Waals surface area contributed by atoms with Gasteiger partial charge in [0.25, 0.3) is 0 Å². The lowest BCUT2D eigenvalue weighted by molar-refractivity contribution is -0.113. The summed E-state index contributed by atoms with van der Waals surface area (Å²) in [6.07, 6.45) is 0. The minimum Gasteiger partial charge on any atom is -0.495 e. The number of hydrogen-bond donors (Lipinski definition) is 1. The molecule has 0 aliphatic heterocycles. The Morgan fingerprint density at radius 1 is 1.09 bits per heavy atom. The van der Waals surface area contributed by atoms with Crippen LogP contribution in [0.25, 0.3) is 0 Å². The zero-order valence-electron chi connectivity index (χ0n) is 18.6. The van der Waals surface area contributed by atoms with Crippen molar-refractivity contribution in [3.63, 3.8) is 0 Å². The second kappa shape index (κ2) is 10.6. The maximum atomic E-state index is 12.5. The average molecular weight is 477 g/mol. The van der Waals surface area contributed by atoms with E-state index in [2.05, 4.69) is 22.4 Å². The summed E-state index contributed by atoms with van der Waals surface area (Å²) >= 11 is 7.38. The van der Waals surface area contributed by atoms with Crippen molar-refractivity contribution in [1.82, 2.24) is 14.8 Å². The largest absolute Gasteiger partial charge is 0.495 e. The van der Waals surface area contributed by atoms with Gasteiger partial charge in [-0.1, -0.05) is 29.4 Å². The molecule has 0 saturated heterocycles. The molecule has 1 N–H and O–H groups in total. The average Bonchev–Trinajstić information content (AvgIpc) is 3.13. The first kappa shape index (κ1) is 23.7. The first-order chi connectivity index (χ1) is 15.3. The van der Waals surface area contributed by atoms with Gasteiger partial charge < -0.3 is 24.1 Å². The molecule has 1 heterocycles. The predicted molar refractivity (Wildman–Crippen MR) is 125 cm³/mol. The van der Waals surface area contributed by atoms with Gasteiger partial charge in [0.05, 0.1) is 30.7 Å². The third kappa shape index (κ3) is 5.66. The standard InChI is InChI=1S/C22H25ClN4O4S/c1-13-6-7-15(8-14(13)2)31-11-20-25-26-22(27(20)3)32-12-21(28)24-17-10-18(29-4)16(23)9-19(17)30-5/h6-10H,11-12H2,1-5H3,(H,24,28). The number of rotatable bonds is 9. The highest BCUT2D eigenvalue weighted by molar-refractivity contribution is 7.99. The maximum absolute atomic E-state index is 12.5. The van der Waals surface area contributed by atoms with Crippen LogP contribution >= 0.6 is 23.4 Å². The molecular formula is C22H25ClN4O4S. The highest BCUT2D eigenvalue weighted by atomic mass is 35.5. The number of hydrogen-bond acceptors (Lipinski definition) is 7. The second-order valence-electron chi connectivity index (χ2n) is 7.02. The Hall–Kier alpha value is -2.91. The maximum Gasteiger partial charge on any atom is 0.234 e. The molecule has 170 valence electrons. The lowest BCUT2D eigenvalue weighted by Crippen LogP contribution is -2.15. The number of benzene rings is 2. The predicted octanol–water partition coefficient (Wildman–Crippen LogP) is 4.41. The van der Waals surface area contributed by atoms with Crippen molar-refractivity contribution in [3.8, 4) is 17.2 Å². The van der Waals surface area contributed by atoms with Gasteiger partial charge in [-0.05, 0) is 37.1 Å². The fourth-order valence-corrected chi connectivity index (χ4v) is 3.78. The number of aromatic nitrogens is 3. The van der Waals surface area contributed by atoms with Crippen molar-refractivity contribution in [1.29, 1.82) is 0 Å². The number of carbonyl (C=O) groups is 1. The number of carbonyl (C=O) groups excluding carboxylic acids is 1. The number of nitrogens with one attached hydrogen (secondary N) is 1. The molecule has 0 saturated carbocycles. The van der Waals surface area contributed by atoms with Crippen LogP contribution in [0.5, 0.6) is 17.2 Å². The van der Waals surface area contributed by atoms with Gasteiger partial charge in [0, 0.05) is 19.2 Å². The number of thioether (sulfide) groups is 1. The molecule has 8 nitrogen and oxygen atoms in total. The van der Waals surface area contributed by atoms with Crippen LogP contribution in [0, 0.1) is 13.8 Å². The van der Waals surface area contributed by atoms with Crippen LogP contribution in [0.1, 0.15) is 17.0 Å². The van der Waals surface area contributed by atoms with E-state index in [0.29, 0.717) is 33.2 Å². The molecule has 2 aromatic carbocycles. The summed E-state index contributed by atoms with van der Waals surface area (Å²) in [5.74, 6) is 2.23. The Morgan fingerprint density at radius 3 is 2.53 bits per heavy atom. The summed E-state index contributed by atoms with van der Waals surface area (Å²) in [5.41, 5.74) is 2.85. The molecule has 3 aromatic rings. The van der Waals surface area contributed by atoms with Gasteiger partial charge in [-0.15, -0.1) is 10.2 Å². The Labute approximate surface area is 196 Å². The van der Waals surface area contributed by atoms with Crippen LogP contribution in [0.4, 0.5) is 5.69 Å². The van der Waals surface area contributed by atoms with Crippen molar-refractivity contribution < 1.29 is 19.0 Å². The number of ether oxygens (including phenoxy) is 3. The van der Waals surface area contributed by atoms with Crippen molar-refractivity contribution in [3.05, 3.63) is 52.3 Å². The van der Waals surface area contributed by atoms with Crippen LogP contribution in [-0.4, -0.2) is 40.6 Å². The van der Waals surface area contributed by atoms with Gasteiger partial charge >= 0.3 is 0 Å². The van der Waals surface area contributed by atoms with Gasteiger partial charge in [0.2, 0.25) is 5.91 Å². The summed E-state index contributed by atoms with van der Waals surface area (Å²) in [5, 5.41) is 12.2. The minimum absolute atomic E-state index is 0.137. The third-order valence-electron chi connectivity index (χ3n) is 4.85. The van der Waals surface area contributed by atoms with Crippen LogP contribution in [0.2, 0.25) is 5.02 Å². The molecule has 0 radical (unpaired) electrons. The van der Waals surface area contributed by atoms with E-state index >= 15 is 0 Å². The lowest BCUT2D eigenvalue weighted by atomic mass is 10.1. The molecule has 0 unspecified atom stereocenters. The molecule has 0 atom stereocenters. The monoisotopic (exact) mass is 476 g/mol. The number of anilines is 1. The van der Waals surface area contributed by atoms with Crippen LogP contribution in [0.15, 0.2) is 35.5 Å². The van der Waals surface area contributed by atoms with Crippen molar-refractivity contribution >= 4 is 35.0 Å². The van der Waals surface area contributed by atoms with Crippen molar-refractivity contribution in [2.75, 3.05) is 25.3 Å². The van der Waals surface area contributed by atoms with E-state index in [-0.39, 0.29) is 18.3 Å². The lowest BCUT2D eigenvalue weighted by Gasteiger charge is -2.13. The topological polar surface area (TPSA) is 87.5 Å². The van der Waals surface area contributed by atoms with E-state index in [1.165, 1.54) is 31.5 Å². The van der Waals surface area contributed by atoms with E-state index < -0.39 is 0 Å². The fraction of sp³-hybridized carbons (Fsp3) is 0.318. The molecular weight excluding hydrogens is 452 g/mol. The highest BCUT2D eigenvalue weighted by Crippen LogP contribution is 2.36. The van der Waals surface area contributed by atoms with E-state index in [4.69, 9.17) is 25.8 Å². The molecule has 0 aliphatic carbocycles. The molecule has 0 fully saturated rings. The molecule has 0 spiro atoms. The second-order valence-corrected chi connectivity index (χ2v) is 8.37. The Kier molecular flexibility index (Phi) is 7.87. The molecule has 1 amide bonds. The zero-order chi connectivity index (χ0) is 23.3. The van der Waals surface area contributed by atoms with Crippen LogP contribution in [-0.2, 0) is 18.4 Å². The molecule has 1 aromatic heterocycles. The Balaban J connectivity index is 1.59. The number of nitrogens with zero attached hydrogens (tertiary/aromatic N) is 3. The van der Waals surface area contributed by atoms with Crippen molar-refractivity contribution in [2.45, 2.75) is 25.6 Å². The van der Waals surface area contributed by atoms with E-state index in [1.54, 1.807) is 12.1 Å². The highest BCUT2D eigenvalue weighted by Gasteiger charge is 2.15.